The minimum Gasteiger partial charge on any atom is -0.340 e. The molecule has 2 aromatic heterocycles. The molecule has 6 aromatic rings. The lowest BCUT2D eigenvalue weighted by Gasteiger charge is -2.31. The van der Waals surface area contributed by atoms with Crippen molar-refractivity contribution >= 4 is 29.8 Å². The van der Waals surface area contributed by atoms with Gasteiger partial charge in [-0.2, -0.15) is 4.89 Å². The molecule has 2 aliphatic rings. The lowest BCUT2D eigenvalue weighted by atomic mass is 10.0. The van der Waals surface area contributed by atoms with E-state index in [-0.39, 0.29) is 29.9 Å². The van der Waals surface area contributed by atoms with E-state index in [1.807, 2.05) is 83.7 Å². The van der Waals surface area contributed by atoms with Crippen molar-refractivity contribution in [2.24, 2.45) is 4.99 Å². The zero-order valence-corrected chi connectivity index (χ0v) is 34.0. The van der Waals surface area contributed by atoms with Crippen LogP contribution >= 0.6 is 11.6 Å². The van der Waals surface area contributed by atoms with E-state index in [4.69, 9.17) is 26.5 Å². The number of aromatic amines is 2. The molecule has 2 saturated heterocycles. The molecule has 4 aromatic carbocycles. The fourth-order valence-electron chi connectivity index (χ4n) is 8.33. The van der Waals surface area contributed by atoms with Gasteiger partial charge in [0.1, 0.15) is 17.7 Å². The van der Waals surface area contributed by atoms with Crippen molar-refractivity contribution in [2.75, 3.05) is 34.3 Å². The maximum absolute atomic E-state index is 14.0. The second-order valence-corrected chi connectivity index (χ2v) is 15.5. The Balaban J connectivity index is 0.932. The third-order valence-electron chi connectivity index (χ3n) is 11.3. The molecule has 0 spiro atoms. The summed E-state index contributed by atoms with van der Waals surface area (Å²) in [6.45, 7) is 1.28. The largest absolute Gasteiger partial charge is 0.340 e. The van der Waals surface area contributed by atoms with Gasteiger partial charge in [0.15, 0.2) is 6.04 Å². The number of hydrogen-bond donors (Lipinski definition) is 2. The van der Waals surface area contributed by atoms with Crippen LogP contribution in [0.15, 0.2) is 121 Å². The van der Waals surface area contributed by atoms with Crippen LogP contribution in [0.25, 0.3) is 33.6 Å². The third kappa shape index (κ3) is 8.43. The molecule has 0 saturated carbocycles. The molecule has 4 heterocycles. The van der Waals surface area contributed by atoms with E-state index in [1.54, 1.807) is 12.1 Å². The molecule has 2 fully saturated rings. The number of aliphatic imine (C=N–C) groups is 1. The first-order valence-corrected chi connectivity index (χ1v) is 20.3. The Morgan fingerprint density at radius 2 is 1.25 bits per heavy atom. The van der Waals surface area contributed by atoms with Crippen molar-refractivity contribution in [3.8, 4) is 33.6 Å². The monoisotopic (exact) mass is 810 g/mol. The van der Waals surface area contributed by atoms with Gasteiger partial charge in [0.25, 0.3) is 5.91 Å². The van der Waals surface area contributed by atoms with Crippen LogP contribution in [0.4, 0.5) is 0 Å². The standard InChI is InChI=1S/C46H47ClN8O4/c1-53(2)42(34-11-5-4-6-12-34)46(57)55-26-10-16-40(55)44-49-28-38(52-44)33-23-19-31(20-24-33)30-17-21-32(22-18-30)37-27-48-43(51-37)39-15-9-25-54(39)45(56)41(50-29-59-58-3)35-13-7-8-14-36(35)47/h4-8,11-14,17-24,27-29,39-42H,9-10,15-16,25-26H2,1-3H3,(H,48,51)(H,49,52)/t39-,40-,41+,42+/m0/s1. The number of likely N-dealkylation sites (N-methyl/N-ethyl adjacent to an activating group) is 1. The Labute approximate surface area is 348 Å². The van der Waals surface area contributed by atoms with Gasteiger partial charge in [-0.05, 0) is 73.7 Å². The first kappa shape index (κ1) is 39.7. The SMILES string of the molecule is COOC=N[C@@H](C(=O)N1CCC[C@H]1c1ncc(-c2ccc(-c3ccc(-c4cnc([C@@H]5CCCN5C(=O)[C@@H](c5ccccc5)N(C)C)[nH]4)cc3)cc2)[nH]1)c1ccccc1Cl. The van der Waals surface area contributed by atoms with E-state index in [0.29, 0.717) is 23.7 Å². The number of benzene rings is 4. The van der Waals surface area contributed by atoms with Gasteiger partial charge in [0, 0.05) is 23.7 Å². The number of halogens is 1. The third-order valence-corrected chi connectivity index (χ3v) is 11.6. The van der Waals surface area contributed by atoms with Crippen LogP contribution in [0.5, 0.6) is 0 Å². The molecule has 0 radical (unpaired) electrons. The molecule has 2 amide bonds. The van der Waals surface area contributed by atoms with Crippen LogP contribution in [0.2, 0.25) is 5.02 Å². The van der Waals surface area contributed by atoms with Crippen LogP contribution in [0.3, 0.4) is 0 Å². The normalized spacial score (nSPS) is 17.8. The van der Waals surface area contributed by atoms with Gasteiger partial charge in [0.2, 0.25) is 12.3 Å². The van der Waals surface area contributed by atoms with Gasteiger partial charge in [-0.3, -0.25) is 14.5 Å². The number of carbonyl (C=O) groups is 2. The Hall–Kier alpha value is -6.08. The molecule has 12 nitrogen and oxygen atoms in total. The lowest BCUT2D eigenvalue weighted by Crippen LogP contribution is -2.40. The summed E-state index contributed by atoms with van der Waals surface area (Å²) in [7, 11) is 5.28. The number of rotatable bonds is 13. The predicted molar refractivity (Wildman–Crippen MR) is 228 cm³/mol. The van der Waals surface area contributed by atoms with Crippen molar-refractivity contribution in [3.05, 3.63) is 143 Å². The number of likely N-dealkylation sites (tertiary alicyclic amines) is 2. The summed E-state index contributed by atoms with van der Waals surface area (Å²) in [5.74, 6) is 1.44. The highest BCUT2D eigenvalue weighted by atomic mass is 35.5. The summed E-state index contributed by atoms with van der Waals surface area (Å²) < 4.78 is 0. The smallest absolute Gasteiger partial charge is 0.252 e. The van der Waals surface area contributed by atoms with Gasteiger partial charge in [0.05, 0.1) is 43.0 Å². The molecule has 2 N–H and O–H groups in total. The summed E-state index contributed by atoms with van der Waals surface area (Å²) in [5, 5.41) is 0.446. The van der Waals surface area contributed by atoms with E-state index in [0.717, 1.165) is 82.9 Å². The molecule has 0 bridgehead atoms. The molecular formula is C46H47ClN8O4. The van der Waals surface area contributed by atoms with Gasteiger partial charge in [-0.25, -0.2) is 15.0 Å². The fourth-order valence-corrected chi connectivity index (χ4v) is 8.57. The zero-order chi connectivity index (χ0) is 40.9. The summed E-state index contributed by atoms with van der Waals surface area (Å²) in [5.41, 5.74) is 7.53. The van der Waals surface area contributed by atoms with Crippen molar-refractivity contribution < 1.29 is 19.4 Å². The summed E-state index contributed by atoms with van der Waals surface area (Å²) >= 11 is 6.50. The first-order chi connectivity index (χ1) is 28.8. The number of carbonyl (C=O) groups excluding carboxylic acids is 2. The number of aromatic nitrogens is 4. The first-order valence-electron chi connectivity index (χ1n) is 19.9. The topological polar surface area (TPSA) is 132 Å². The maximum atomic E-state index is 14.0. The van der Waals surface area contributed by atoms with Crippen molar-refractivity contribution in [1.29, 1.82) is 0 Å². The molecule has 4 atom stereocenters. The van der Waals surface area contributed by atoms with Crippen molar-refractivity contribution in [1.82, 2.24) is 34.6 Å². The molecule has 302 valence electrons. The van der Waals surface area contributed by atoms with E-state index in [2.05, 4.69) is 68.4 Å². The van der Waals surface area contributed by atoms with Crippen LogP contribution in [0, 0.1) is 0 Å². The van der Waals surface area contributed by atoms with Crippen LogP contribution in [-0.4, -0.2) is 87.1 Å². The molecule has 0 aliphatic carbocycles. The number of H-pyrrole nitrogens is 2. The highest BCUT2D eigenvalue weighted by molar-refractivity contribution is 6.31. The summed E-state index contributed by atoms with van der Waals surface area (Å²) in [6, 6.07) is 32.3. The van der Waals surface area contributed by atoms with Gasteiger partial charge in [-0.1, -0.05) is 109 Å². The van der Waals surface area contributed by atoms with Crippen LogP contribution < -0.4 is 0 Å². The Morgan fingerprint density at radius 3 is 1.78 bits per heavy atom. The predicted octanol–water partition coefficient (Wildman–Crippen LogP) is 8.76. The molecule has 0 unspecified atom stereocenters. The highest BCUT2D eigenvalue weighted by Gasteiger charge is 2.38. The number of nitrogens with zero attached hydrogens (tertiary/aromatic N) is 6. The van der Waals surface area contributed by atoms with Crippen molar-refractivity contribution in [3.63, 3.8) is 0 Å². The molecular weight excluding hydrogens is 764 g/mol. The van der Waals surface area contributed by atoms with Crippen LogP contribution in [0.1, 0.15) is 72.6 Å². The van der Waals surface area contributed by atoms with E-state index in [1.165, 1.54) is 7.11 Å². The van der Waals surface area contributed by atoms with E-state index >= 15 is 0 Å². The molecule has 13 heteroatoms. The average Bonchev–Trinajstić information content (AvgIpc) is 4.10. The zero-order valence-electron chi connectivity index (χ0n) is 33.3. The van der Waals surface area contributed by atoms with Crippen molar-refractivity contribution in [2.45, 2.75) is 49.9 Å². The second-order valence-electron chi connectivity index (χ2n) is 15.1. The number of imidazole rings is 2. The minimum absolute atomic E-state index is 0.0946. The lowest BCUT2D eigenvalue weighted by molar-refractivity contribution is -0.188. The van der Waals surface area contributed by atoms with Gasteiger partial charge >= 0.3 is 0 Å². The Bertz CT molecular complexity index is 2400. The quantitative estimate of drug-likeness (QED) is 0.0516. The Morgan fingerprint density at radius 1 is 0.746 bits per heavy atom. The van der Waals surface area contributed by atoms with Gasteiger partial charge in [-0.15, -0.1) is 0 Å². The summed E-state index contributed by atoms with van der Waals surface area (Å²) in [6.07, 6.45) is 8.21. The summed E-state index contributed by atoms with van der Waals surface area (Å²) in [4.78, 5) is 64.1. The molecule has 2 aliphatic heterocycles. The molecule has 8 rings (SSSR count). The van der Waals surface area contributed by atoms with Gasteiger partial charge < -0.3 is 24.7 Å². The minimum atomic E-state index is -0.894. The molecule has 59 heavy (non-hydrogen) atoms. The Kier molecular flexibility index (Phi) is 12.0. The van der Waals surface area contributed by atoms with E-state index < -0.39 is 6.04 Å². The van der Waals surface area contributed by atoms with Crippen LogP contribution in [-0.2, 0) is 19.4 Å². The fraction of sp³-hybridized carbons (Fsp3) is 0.283. The second kappa shape index (κ2) is 17.8. The average molecular weight is 811 g/mol. The number of amides is 2. The highest BCUT2D eigenvalue weighted by Crippen LogP contribution is 2.38. The van der Waals surface area contributed by atoms with E-state index in [9.17, 15) is 9.59 Å². The maximum Gasteiger partial charge on any atom is 0.252 e. The number of hydrogen-bond acceptors (Lipinski definition) is 8. The number of nitrogens with one attached hydrogen (secondary N) is 2.